The topological polar surface area (TPSA) is 170 Å². The maximum atomic E-state index is 9.90. The van der Waals surface area contributed by atoms with Crippen molar-refractivity contribution >= 4 is 18.1 Å². The summed E-state index contributed by atoms with van der Waals surface area (Å²) >= 11 is 0. The number of H-pyrrole nitrogens is 2. The van der Waals surface area contributed by atoms with Gasteiger partial charge in [0, 0.05) is 24.8 Å². The number of aromatic amines is 2. The van der Waals surface area contributed by atoms with Crippen LogP contribution < -0.4 is 11.1 Å². The SMILES string of the molecule is NC(=O)O.O=C(O)Nc1ncc[nH]1.c1c[nH]cn1. The molecule has 7 N–H and O–H groups in total. The normalized spacial score (nSPS) is 8.00. The highest BCUT2D eigenvalue weighted by Crippen LogP contribution is 1.92. The number of primary amides is 1. The van der Waals surface area contributed by atoms with Crippen molar-refractivity contribution in [2.45, 2.75) is 0 Å². The van der Waals surface area contributed by atoms with Crippen LogP contribution in [0.15, 0.2) is 31.1 Å². The van der Waals surface area contributed by atoms with Crippen LogP contribution in [0.1, 0.15) is 0 Å². The molecular formula is C8H12N6O4. The molecule has 2 rings (SSSR count). The van der Waals surface area contributed by atoms with Crippen LogP contribution in [-0.2, 0) is 0 Å². The van der Waals surface area contributed by atoms with Crippen LogP contribution in [0.2, 0.25) is 0 Å². The molecular weight excluding hydrogens is 244 g/mol. The molecule has 0 bridgehead atoms. The van der Waals surface area contributed by atoms with Gasteiger partial charge in [-0.3, -0.25) is 5.32 Å². The van der Waals surface area contributed by atoms with Gasteiger partial charge in [-0.25, -0.2) is 19.6 Å². The van der Waals surface area contributed by atoms with Crippen molar-refractivity contribution in [1.29, 1.82) is 0 Å². The molecule has 10 nitrogen and oxygen atoms in total. The summed E-state index contributed by atoms with van der Waals surface area (Å²) < 4.78 is 0. The molecule has 10 heteroatoms. The van der Waals surface area contributed by atoms with Crippen LogP contribution >= 0.6 is 0 Å². The van der Waals surface area contributed by atoms with Crippen LogP contribution in [-0.4, -0.2) is 42.3 Å². The fourth-order valence-corrected chi connectivity index (χ4v) is 0.650. The number of nitrogens with two attached hydrogens (primary N) is 1. The van der Waals surface area contributed by atoms with Crippen LogP contribution in [0.25, 0.3) is 0 Å². The average Bonchev–Trinajstić information content (AvgIpc) is 2.89. The Morgan fingerprint density at radius 2 is 1.94 bits per heavy atom. The van der Waals surface area contributed by atoms with Crippen molar-refractivity contribution in [3.8, 4) is 0 Å². The number of nitrogens with zero attached hydrogens (tertiary/aromatic N) is 2. The highest BCUT2D eigenvalue weighted by molar-refractivity contribution is 5.80. The number of amides is 2. The smallest absolute Gasteiger partial charge is 0.411 e. The molecule has 0 saturated heterocycles. The Morgan fingerprint density at radius 1 is 1.28 bits per heavy atom. The van der Waals surface area contributed by atoms with E-state index in [1.165, 1.54) is 12.4 Å². The van der Waals surface area contributed by atoms with Crippen molar-refractivity contribution in [1.82, 2.24) is 19.9 Å². The van der Waals surface area contributed by atoms with Gasteiger partial charge >= 0.3 is 12.2 Å². The van der Waals surface area contributed by atoms with Crippen molar-refractivity contribution in [2.75, 3.05) is 5.32 Å². The van der Waals surface area contributed by atoms with E-state index in [-0.39, 0.29) is 5.95 Å². The Labute approximate surface area is 101 Å². The number of carbonyl (C=O) groups is 2. The Hall–Kier alpha value is -3.04. The Kier molecular flexibility index (Phi) is 7.65. The van der Waals surface area contributed by atoms with Crippen molar-refractivity contribution in [2.24, 2.45) is 5.73 Å². The third-order valence-corrected chi connectivity index (χ3v) is 1.13. The Morgan fingerprint density at radius 3 is 2.22 bits per heavy atom. The lowest BCUT2D eigenvalue weighted by Gasteiger charge is -1.90. The second-order valence-electron chi connectivity index (χ2n) is 2.47. The van der Waals surface area contributed by atoms with E-state index in [9.17, 15) is 4.79 Å². The maximum Gasteiger partial charge on any atom is 0.411 e. The van der Waals surface area contributed by atoms with Crippen LogP contribution in [0, 0.1) is 0 Å². The zero-order chi connectivity index (χ0) is 13.8. The first-order chi connectivity index (χ1) is 8.52. The van der Waals surface area contributed by atoms with Gasteiger partial charge in [0.05, 0.1) is 6.33 Å². The number of imidazole rings is 2. The van der Waals surface area contributed by atoms with Gasteiger partial charge in [-0.05, 0) is 0 Å². The van der Waals surface area contributed by atoms with Crippen molar-refractivity contribution in [3.63, 3.8) is 0 Å². The van der Waals surface area contributed by atoms with Crippen molar-refractivity contribution < 1.29 is 19.8 Å². The molecule has 0 unspecified atom stereocenters. The third kappa shape index (κ3) is 11.0. The lowest BCUT2D eigenvalue weighted by molar-refractivity contribution is 0.205. The summed E-state index contributed by atoms with van der Waals surface area (Å²) in [6.07, 6.45) is 5.63. The molecule has 0 spiro atoms. The molecule has 0 atom stereocenters. The van der Waals surface area contributed by atoms with Crippen LogP contribution in [0.3, 0.4) is 0 Å². The number of hydrogen-bond donors (Lipinski definition) is 6. The maximum absolute atomic E-state index is 9.90. The van der Waals surface area contributed by atoms with Crippen molar-refractivity contribution in [3.05, 3.63) is 31.1 Å². The standard InChI is InChI=1S/C4H5N3O2.C3H4N2.CH3NO2/c8-4(9)7-3-5-1-2-6-3;1-2-5-3-4-1;2-1(3)4/h1-2H,(H,8,9)(H2,5,6,7);1-3H,(H,4,5);2H2,(H,3,4). The lowest BCUT2D eigenvalue weighted by Crippen LogP contribution is -2.08. The van der Waals surface area contributed by atoms with E-state index in [1.807, 2.05) is 5.32 Å². The van der Waals surface area contributed by atoms with Gasteiger partial charge in [0.1, 0.15) is 0 Å². The quantitative estimate of drug-likeness (QED) is 0.434. The van der Waals surface area contributed by atoms with Gasteiger partial charge in [0.15, 0.2) is 0 Å². The van der Waals surface area contributed by atoms with Crippen LogP contribution in [0.4, 0.5) is 15.5 Å². The summed E-state index contributed by atoms with van der Waals surface area (Å²) in [6, 6.07) is 0. The molecule has 0 saturated carbocycles. The number of carboxylic acid groups (broad SMARTS) is 2. The Balaban J connectivity index is 0.000000272. The molecule has 0 aliphatic heterocycles. The average molecular weight is 256 g/mol. The van der Waals surface area contributed by atoms with Crippen LogP contribution in [0.5, 0.6) is 0 Å². The summed E-state index contributed by atoms with van der Waals surface area (Å²) in [7, 11) is 0. The van der Waals surface area contributed by atoms with Gasteiger partial charge < -0.3 is 25.9 Å². The number of rotatable bonds is 1. The molecule has 2 amide bonds. The molecule has 2 aromatic rings. The number of hydrogen-bond acceptors (Lipinski definition) is 4. The number of anilines is 1. The molecule has 0 radical (unpaired) electrons. The van der Waals surface area contributed by atoms with E-state index >= 15 is 0 Å². The highest BCUT2D eigenvalue weighted by atomic mass is 16.4. The molecule has 2 aromatic heterocycles. The van der Waals surface area contributed by atoms with E-state index in [0.29, 0.717) is 0 Å². The zero-order valence-corrected chi connectivity index (χ0v) is 9.07. The first kappa shape index (κ1) is 15.0. The predicted octanol–water partition coefficient (Wildman–Crippen LogP) is 0.532. The van der Waals surface area contributed by atoms with E-state index in [0.717, 1.165) is 0 Å². The minimum Gasteiger partial charge on any atom is -0.465 e. The minimum atomic E-state index is -1.33. The molecule has 0 aromatic carbocycles. The number of nitrogens with one attached hydrogen (secondary N) is 3. The minimum absolute atomic E-state index is 0.238. The first-order valence-corrected chi connectivity index (χ1v) is 4.43. The largest absolute Gasteiger partial charge is 0.465 e. The number of aromatic nitrogens is 4. The summed E-state index contributed by atoms with van der Waals surface area (Å²) in [5.41, 5.74) is 4.03. The van der Waals surface area contributed by atoms with Gasteiger partial charge in [0.2, 0.25) is 5.95 Å². The molecule has 0 fully saturated rings. The first-order valence-electron chi connectivity index (χ1n) is 4.43. The van der Waals surface area contributed by atoms with Gasteiger partial charge in [0.25, 0.3) is 0 Å². The second-order valence-corrected chi connectivity index (χ2v) is 2.47. The fourth-order valence-electron chi connectivity index (χ4n) is 0.650. The van der Waals surface area contributed by atoms with E-state index in [1.54, 1.807) is 18.7 Å². The van der Waals surface area contributed by atoms with E-state index < -0.39 is 12.2 Å². The summed E-state index contributed by atoms with van der Waals surface area (Å²) in [5.74, 6) is 0.238. The molecule has 2 heterocycles. The summed E-state index contributed by atoms with van der Waals surface area (Å²) in [6.45, 7) is 0. The summed E-state index contributed by atoms with van der Waals surface area (Å²) in [5, 5.41) is 17.3. The van der Waals surface area contributed by atoms with Gasteiger partial charge in [-0.15, -0.1) is 0 Å². The van der Waals surface area contributed by atoms with E-state index in [2.05, 4.69) is 25.7 Å². The Bertz CT molecular complexity index is 405. The molecule has 18 heavy (non-hydrogen) atoms. The zero-order valence-electron chi connectivity index (χ0n) is 9.07. The molecule has 98 valence electrons. The summed E-state index contributed by atoms with van der Waals surface area (Å²) in [4.78, 5) is 31.3. The molecule has 0 aliphatic rings. The molecule has 0 aliphatic carbocycles. The monoisotopic (exact) mass is 256 g/mol. The second kappa shape index (κ2) is 9.21. The van der Waals surface area contributed by atoms with E-state index in [4.69, 9.17) is 15.0 Å². The predicted molar refractivity (Wildman–Crippen MR) is 61.0 cm³/mol. The highest BCUT2D eigenvalue weighted by Gasteiger charge is 1.95. The fraction of sp³-hybridized carbons (Fsp3) is 0. The van der Waals surface area contributed by atoms with Gasteiger partial charge in [-0.1, -0.05) is 0 Å². The van der Waals surface area contributed by atoms with Gasteiger partial charge in [-0.2, -0.15) is 0 Å². The third-order valence-electron chi connectivity index (χ3n) is 1.13. The lowest BCUT2D eigenvalue weighted by atomic mass is 10.9.